The molecule has 2 fully saturated rings. The second-order valence-electron chi connectivity index (χ2n) is 9.72. The molecule has 1 aliphatic carbocycles. The van der Waals surface area contributed by atoms with E-state index in [4.69, 9.17) is 0 Å². The molecule has 1 aromatic heterocycles. The number of hydrogen-bond acceptors (Lipinski definition) is 3. The van der Waals surface area contributed by atoms with Crippen molar-refractivity contribution in [3.8, 4) is 0 Å². The van der Waals surface area contributed by atoms with Gasteiger partial charge in [-0.05, 0) is 91.6 Å². The highest BCUT2D eigenvalue weighted by atomic mass is 79.9. The Labute approximate surface area is 197 Å². The Morgan fingerprint density at radius 2 is 1.91 bits per heavy atom. The summed E-state index contributed by atoms with van der Waals surface area (Å²) in [6.45, 7) is 1.84. The smallest absolute Gasteiger partial charge is 0.142 e. The minimum atomic E-state index is -0.213. The highest BCUT2D eigenvalue weighted by Gasteiger charge is 2.50. The number of benzene rings is 2. The molecule has 0 radical (unpaired) electrons. The van der Waals surface area contributed by atoms with E-state index in [1.165, 1.54) is 11.6 Å². The van der Waals surface area contributed by atoms with E-state index in [-0.39, 0.29) is 17.2 Å². The third-order valence-corrected chi connectivity index (χ3v) is 8.19. The molecule has 0 amide bonds. The molecule has 1 spiro atoms. The summed E-state index contributed by atoms with van der Waals surface area (Å²) in [7, 11) is 2.14. The van der Waals surface area contributed by atoms with Crippen LogP contribution in [0, 0.1) is 17.2 Å². The van der Waals surface area contributed by atoms with Crippen molar-refractivity contribution in [1.29, 1.82) is 0 Å². The fourth-order valence-corrected chi connectivity index (χ4v) is 6.36. The van der Waals surface area contributed by atoms with Gasteiger partial charge < -0.3 is 4.90 Å². The summed E-state index contributed by atoms with van der Waals surface area (Å²) >= 11 is 3.47. The molecule has 1 aliphatic heterocycles. The first-order valence-corrected chi connectivity index (χ1v) is 12.2. The molecular formula is C27H28BrFN2O. The zero-order chi connectivity index (χ0) is 22.3. The molecule has 3 nitrogen and oxygen atoms in total. The van der Waals surface area contributed by atoms with E-state index in [9.17, 15) is 9.18 Å². The van der Waals surface area contributed by atoms with Gasteiger partial charge in [-0.25, -0.2) is 4.39 Å². The number of hydrogen-bond donors (Lipinski definition) is 0. The third-order valence-electron chi connectivity index (χ3n) is 7.66. The molecule has 3 aromatic rings. The molecule has 2 aliphatic rings. The Morgan fingerprint density at radius 3 is 2.66 bits per heavy atom. The fourth-order valence-electron chi connectivity index (χ4n) is 6.09. The Morgan fingerprint density at radius 1 is 1.16 bits per heavy atom. The second-order valence-corrected chi connectivity index (χ2v) is 10.6. The van der Waals surface area contributed by atoms with Crippen LogP contribution in [0.2, 0.25) is 0 Å². The number of Topliss-reactive ketones (excluding diaryl/α,β-unsaturated/α-hetero) is 1. The van der Waals surface area contributed by atoms with E-state index < -0.39 is 0 Å². The van der Waals surface area contributed by atoms with Gasteiger partial charge in [0.15, 0.2) is 0 Å². The van der Waals surface area contributed by atoms with Crippen molar-refractivity contribution in [2.75, 3.05) is 20.1 Å². The summed E-state index contributed by atoms with van der Waals surface area (Å²) in [5, 5.41) is 0.930. The lowest BCUT2D eigenvalue weighted by Gasteiger charge is -2.41. The largest absolute Gasteiger partial charge is 0.305 e. The van der Waals surface area contributed by atoms with E-state index in [1.807, 2.05) is 30.5 Å². The van der Waals surface area contributed by atoms with Crippen LogP contribution in [0.4, 0.5) is 4.39 Å². The van der Waals surface area contributed by atoms with Crippen LogP contribution >= 0.6 is 15.9 Å². The number of aromatic nitrogens is 1. The van der Waals surface area contributed by atoms with Crippen LogP contribution in [-0.4, -0.2) is 35.8 Å². The lowest BCUT2D eigenvalue weighted by molar-refractivity contribution is -0.125. The molecule has 1 unspecified atom stereocenters. The summed E-state index contributed by atoms with van der Waals surface area (Å²) in [6.07, 6.45) is 6.49. The monoisotopic (exact) mass is 494 g/mol. The molecule has 1 saturated heterocycles. The Balaban J connectivity index is 1.34. The van der Waals surface area contributed by atoms with Gasteiger partial charge >= 0.3 is 0 Å². The molecule has 0 bridgehead atoms. The van der Waals surface area contributed by atoms with Gasteiger partial charge in [-0.3, -0.25) is 9.78 Å². The summed E-state index contributed by atoms with van der Waals surface area (Å²) in [6, 6.07) is 15.0. The van der Waals surface area contributed by atoms with Gasteiger partial charge in [0.1, 0.15) is 11.6 Å². The van der Waals surface area contributed by atoms with Gasteiger partial charge in [-0.15, -0.1) is 0 Å². The van der Waals surface area contributed by atoms with Crippen LogP contribution < -0.4 is 0 Å². The fraction of sp³-hybridized carbons (Fsp3) is 0.407. The van der Waals surface area contributed by atoms with E-state index >= 15 is 0 Å². The molecule has 1 atom stereocenters. The average molecular weight is 495 g/mol. The van der Waals surface area contributed by atoms with Gasteiger partial charge in [0.2, 0.25) is 0 Å². The van der Waals surface area contributed by atoms with E-state index in [0.717, 1.165) is 59.7 Å². The highest BCUT2D eigenvalue weighted by Crippen LogP contribution is 2.51. The van der Waals surface area contributed by atoms with Crippen molar-refractivity contribution in [2.45, 2.75) is 38.0 Å². The van der Waals surface area contributed by atoms with E-state index in [2.05, 4.69) is 38.9 Å². The van der Waals surface area contributed by atoms with Crippen LogP contribution in [0.5, 0.6) is 0 Å². The predicted octanol–water partition coefficient (Wildman–Crippen LogP) is 6.15. The molecule has 2 heterocycles. The molecule has 166 valence electrons. The normalized spacial score (nSPS) is 26.1. The van der Waals surface area contributed by atoms with Crippen LogP contribution in [-0.2, 0) is 11.2 Å². The van der Waals surface area contributed by atoms with Crippen molar-refractivity contribution < 1.29 is 9.18 Å². The minimum absolute atomic E-state index is 0.0613. The zero-order valence-corrected chi connectivity index (χ0v) is 19.9. The molecule has 5 rings (SSSR count). The standard InChI is InChI=1S/C27H28BrFN2O/c1-31-16-24(26(32)14-18-2-4-20(28)5-3-18)27(17-31)11-8-19(9-12-27)22-10-13-30-25-7-6-21(29)15-23(22)25/h2-7,10,13,15,19,24H,8-9,11-12,14,16-17H2,1H3. The average Bonchev–Trinajstić information content (AvgIpc) is 3.11. The van der Waals surface area contributed by atoms with E-state index in [0.29, 0.717) is 18.1 Å². The van der Waals surface area contributed by atoms with Gasteiger partial charge in [0.25, 0.3) is 0 Å². The van der Waals surface area contributed by atoms with Crippen LogP contribution in [0.15, 0.2) is 59.2 Å². The topological polar surface area (TPSA) is 33.2 Å². The zero-order valence-electron chi connectivity index (χ0n) is 18.4. The number of halogens is 2. The van der Waals surface area contributed by atoms with Gasteiger partial charge in [0, 0.05) is 41.5 Å². The predicted molar refractivity (Wildman–Crippen MR) is 129 cm³/mol. The molecular weight excluding hydrogens is 467 g/mol. The van der Waals surface area contributed by atoms with Gasteiger partial charge in [-0.1, -0.05) is 28.1 Å². The summed E-state index contributed by atoms with van der Waals surface area (Å²) < 4.78 is 15.0. The molecule has 1 saturated carbocycles. The van der Waals surface area contributed by atoms with Crippen molar-refractivity contribution in [3.05, 3.63) is 76.1 Å². The highest BCUT2D eigenvalue weighted by molar-refractivity contribution is 9.10. The number of pyridine rings is 1. The summed E-state index contributed by atoms with van der Waals surface area (Å²) in [4.78, 5) is 20.1. The lowest BCUT2D eigenvalue weighted by atomic mass is 9.62. The second kappa shape index (κ2) is 8.68. The van der Waals surface area contributed by atoms with Crippen molar-refractivity contribution in [3.63, 3.8) is 0 Å². The first-order chi connectivity index (χ1) is 15.4. The van der Waals surface area contributed by atoms with E-state index in [1.54, 1.807) is 12.1 Å². The summed E-state index contributed by atoms with van der Waals surface area (Å²) in [5.74, 6) is 0.631. The van der Waals surface area contributed by atoms with Crippen LogP contribution in [0.3, 0.4) is 0 Å². The molecule has 0 N–H and O–H groups in total. The molecule has 5 heteroatoms. The first-order valence-electron chi connectivity index (χ1n) is 11.4. The Bertz CT molecular complexity index is 1140. The first kappa shape index (κ1) is 21.7. The van der Waals surface area contributed by atoms with Crippen LogP contribution in [0.25, 0.3) is 10.9 Å². The SMILES string of the molecule is CN1CC(C(=O)Cc2ccc(Br)cc2)C2(CCC(c3ccnc4ccc(F)cc34)CC2)C1. The van der Waals surface area contributed by atoms with Gasteiger partial charge in [0.05, 0.1) is 5.52 Å². The maximum absolute atomic E-state index is 13.9. The summed E-state index contributed by atoms with van der Waals surface area (Å²) in [5.41, 5.74) is 3.20. The maximum atomic E-state index is 13.9. The Hall–Kier alpha value is -2.11. The lowest BCUT2D eigenvalue weighted by Crippen LogP contribution is -2.38. The number of likely N-dealkylation sites (tertiary alicyclic amines) is 1. The molecule has 2 aromatic carbocycles. The van der Waals surface area contributed by atoms with Crippen LogP contribution in [0.1, 0.15) is 42.7 Å². The number of ketones is 1. The third kappa shape index (κ3) is 4.13. The minimum Gasteiger partial charge on any atom is -0.305 e. The number of nitrogens with zero attached hydrogens (tertiary/aromatic N) is 2. The van der Waals surface area contributed by atoms with Crippen molar-refractivity contribution >= 4 is 32.6 Å². The maximum Gasteiger partial charge on any atom is 0.142 e. The molecule has 32 heavy (non-hydrogen) atoms. The van der Waals surface area contributed by atoms with Crippen molar-refractivity contribution in [2.24, 2.45) is 11.3 Å². The number of rotatable bonds is 4. The van der Waals surface area contributed by atoms with Gasteiger partial charge in [-0.2, -0.15) is 0 Å². The number of carbonyl (C=O) groups is 1. The number of carbonyl (C=O) groups excluding carboxylic acids is 1. The quantitative estimate of drug-likeness (QED) is 0.435. The van der Waals surface area contributed by atoms with Crippen molar-refractivity contribution in [1.82, 2.24) is 9.88 Å². The Kier molecular flexibility index (Phi) is 5.89. The number of fused-ring (bicyclic) bond motifs is 1.